The van der Waals surface area contributed by atoms with Crippen LogP contribution >= 0.6 is 29.8 Å². The molecule has 2 aliphatic rings. The molecule has 3 atom stereocenters. The summed E-state index contributed by atoms with van der Waals surface area (Å²) in [4.78, 5) is 54.1. The van der Waals surface area contributed by atoms with Gasteiger partial charge in [-0.15, -0.1) is 0 Å². The third-order valence-corrected chi connectivity index (χ3v) is 14.4. The van der Waals surface area contributed by atoms with E-state index in [1.54, 1.807) is 27.8 Å². The van der Waals surface area contributed by atoms with E-state index in [0.29, 0.717) is 101 Å². The molecule has 380 valence electrons. The van der Waals surface area contributed by atoms with Crippen LogP contribution in [0.3, 0.4) is 0 Å². The highest BCUT2D eigenvalue weighted by atomic mass is 33.1. The molecular weight excluding hydrogens is 966 g/mol. The molecule has 23 heteroatoms. The Morgan fingerprint density at radius 3 is 2.21 bits per heavy atom. The van der Waals surface area contributed by atoms with Crippen LogP contribution < -0.4 is 21.7 Å². The number of rotatable bonds is 28. The Balaban J connectivity index is 0.703. The van der Waals surface area contributed by atoms with E-state index in [-0.39, 0.29) is 61.8 Å². The van der Waals surface area contributed by atoms with Gasteiger partial charge in [0.2, 0.25) is 0 Å². The molecule has 2 aromatic heterocycles. The van der Waals surface area contributed by atoms with E-state index in [4.69, 9.17) is 48.3 Å². The van der Waals surface area contributed by atoms with Gasteiger partial charge in [0, 0.05) is 36.6 Å². The number of nitrogen functional groups attached to an aromatic ring is 1. The second-order valence-electron chi connectivity index (χ2n) is 16.5. The molecule has 4 aromatic rings. The monoisotopic (exact) mass is 1030 g/mol. The molecule has 0 spiro atoms. The Labute approximate surface area is 415 Å². The molecule has 2 aromatic carbocycles. The first-order valence-corrected chi connectivity index (χ1v) is 26.6. The number of nitrogens with one attached hydrogen (secondary N) is 3. The SMILES string of the molecule is CC(C)(CCOC(=O)NCCOCCOCCNC(=O)OCC1c2ccccc2-c2ccccc21)SSCOCCCCOC(=O)NCC#Cc1cn([C@H]2CC[C@@H](CO[PH](=O)O)O2)c2ncnc(N)c12. The van der Waals surface area contributed by atoms with Gasteiger partial charge in [0.15, 0.2) is 0 Å². The van der Waals surface area contributed by atoms with Crippen molar-refractivity contribution in [3.05, 3.63) is 77.7 Å². The van der Waals surface area contributed by atoms with Crippen molar-refractivity contribution >= 4 is 65.0 Å². The van der Waals surface area contributed by atoms with E-state index in [2.05, 4.69) is 75.9 Å². The van der Waals surface area contributed by atoms with Gasteiger partial charge in [0.1, 0.15) is 36.6 Å². The molecule has 6 rings (SSSR count). The predicted molar refractivity (Wildman–Crippen MR) is 266 cm³/mol. The van der Waals surface area contributed by atoms with Crippen molar-refractivity contribution in [3.63, 3.8) is 0 Å². The van der Waals surface area contributed by atoms with Crippen molar-refractivity contribution < 1.29 is 61.5 Å². The molecule has 0 bridgehead atoms. The van der Waals surface area contributed by atoms with E-state index in [9.17, 15) is 18.9 Å². The van der Waals surface area contributed by atoms with Crippen molar-refractivity contribution in [1.29, 1.82) is 0 Å². The van der Waals surface area contributed by atoms with Crippen molar-refractivity contribution in [3.8, 4) is 23.0 Å². The highest BCUT2D eigenvalue weighted by molar-refractivity contribution is 8.77. The molecule has 70 heavy (non-hydrogen) atoms. The summed E-state index contributed by atoms with van der Waals surface area (Å²) in [5, 5.41) is 8.59. The number of carbonyl (C=O) groups is 3. The van der Waals surface area contributed by atoms with Crippen LogP contribution in [0, 0.1) is 11.8 Å². The third kappa shape index (κ3) is 17.3. The lowest BCUT2D eigenvalue weighted by Crippen LogP contribution is -2.30. The number of hydrogen-bond donors (Lipinski definition) is 5. The van der Waals surface area contributed by atoms with Crippen molar-refractivity contribution in [2.75, 3.05) is 90.8 Å². The number of alkyl carbamates (subject to hydrolysis) is 3. The number of ether oxygens (including phenoxy) is 7. The van der Waals surface area contributed by atoms with Crippen molar-refractivity contribution in [1.82, 2.24) is 30.5 Å². The van der Waals surface area contributed by atoms with Gasteiger partial charge in [-0.25, -0.2) is 24.4 Å². The second-order valence-corrected chi connectivity index (χ2v) is 20.3. The van der Waals surface area contributed by atoms with Crippen LogP contribution in [-0.4, -0.2) is 134 Å². The quantitative estimate of drug-likeness (QED) is 0.00982. The Bertz CT molecular complexity index is 2370. The summed E-state index contributed by atoms with van der Waals surface area (Å²) in [6.45, 7) is 7.34. The maximum atomic E-state index is 12.3. The molecule has 1 aliphatic heterocycles. The fraction of sp³-hybridized carbons (Fsp3) is 0.511. The highest BCUT2D eigenvalue weighted by Crippen LogP contribution is 2.44. The molecule has 1 fully saturated rings. The fourth-order valence-corrected chi connectivity index (χ4v) is 10.2. The number of carbonyl (C=O) groups excluding carboxylic acids is 3. The number of aromatic nitrogens is 3. The van der Waals surface area contributed by atoms with Crippen LogP contribution in [0.1, 0.15) is 74.8 Å². The molecule has 0 saturated carbocycles. The maximum Gasteiger partial charge on any atom is 0.407 e. The minimum absolute atomic E-state index is 0.00354. The lowest BCUT2D eigenvalue weighted by molar-refractivity contribution is -0.0160. The van der Waals surface area contributed by atoms with E-state index in [0.717, 1.165) is 11.1 Å². The second kappa shape index (κ2) is 28.7. The third-order valence-electron chi connectivity index (χ3n) is 11.0. The van der Waals surface area contributed by atoms with E-state index in [1.165, 1.54) is 17.5 Å². The average Bonchev–Trinajstić information content (AvgIpc) is 4.06. The Morgan fingerprint density at radius 2 is 1.50 bits per heavy atom. The topological polar surface area (TPSA) is 255 Å². The van der Waals surface area contributed by atoms with E-state index >= 15 is 0 Å². The summed E-state index contributed by atoms with van der Waals surface area (Å²) in [5.74, 6) is 6.67. The Kier molecular flexibility index (Phi) is 22.2. The summed E-state index contributed by atoms with van der Waals surface area (Å²) in [5.41, 5.74) is 11.9. The van der Waals surface area contributed by atoms with Crippen LogP contribution in [0.2, 0.25) is 0 Å². The molecule has 3 heterocycles. The number of anilines is 1. The van der Waals surface area contributed by atoms with Crippen LogP contribution in [0.15, 0.2) is 61.1 Å². The van der Waals surface area contributed by atoms with Crippen molar-refractivity contribution in [2.24, 2.45) is 0 Å². The minimum atomic E-state index is -3.05. The predicted octanol–water partition coefficient (Wildman–Crippen LogP) is 6.77. The van der Waals surface area contributed by atoms with Gasteiger partial charge in [-0.05, 0) is 68.2 Å². The summed E-state index contributed by atoms with van der Waals surface area (Å²) in [6.07, 6.45) is 4.07. The molecule has 3 amide bonds. The molecule has 1 unspecified atom stereocenters. The summed E-state index contributed by atoms with van der Waals surface area (Å²) in [6, 6.07) is 16.4. The first-order valence-electron chi connectivity index (χ1n) is 23.0. The van der Waals surface area contributed by atoms with Gasteiger partial charge in [-0.2, -0.15) is 0 Å². The van der Waals surface area contributed by atoms with Gasteiger partial charge < -0.3 is 68.8 Å². The number of benzene rings is 2. The standard InChI is InChI=1S/C47H62N7O13PS2/c1-47(2,17-23-64-45(56)50-19-24-60-26-27-61-25-20-51-46(57)65-30-39-37-13-5-3-11-35(37)36-12-4-6-14-38(36)39)70-69-32-62-21-7-8-22-63-44(55)49-18-9-10-33-28-54(43-41(33)42(48)52-31-53-43)40-16-15-34(67-40)29-66-68(58)59/h3-6,11-14,28,31,34,39-40,68H,7-8,15-27,29-30,32H2,1-2H3,(H,49,55)(H,50,56)(H,51,57)(H,58,59)(H2,48,52,53)/t34-,40+/m0/s1. The lowest BCUT2D eigenvalue weighted by Gasteiger charge is -2.22. The number of nitrogens with two attached hydrogens (primary N) is 1. The minimum Gasteiger partial charge on any atom is -0.450 e. The van der Waals surface area contributed by atoms with Crippen molar-refractivity contribution in [2.45, 2.75) is 68.9 Å². The molecule has 1 aliphatic carbocycles. The summed E-state index contributed by atoms with van der Waals surface area (Å²) in [7, 11) is 0.184. The lowest BCUT2D eigenvalue weighted by atomic mass is 9.98. The molecule has 0 radical (unpaired) electrons. The van der Waals surface area contributed by atoms with Gasteiger partial charge in [0.05, 0.1) is 69.8 Å². The maximum absolute atomic E-state index is 12.3. The normalized spacial score (nSPS) is 15.6. The smallest absolute Gasteiger partial charge is 0.407 e. The zero-order valence-electron chi connectivity index (χ0n) is 39.3. The van der Waals surface area contributed by atoms with Crippen LogP contribution in [-0.2, 0) is 42.2 Å². The molecular formula is C47H62N7O13PS2. The van der Waals surface area contributed by atoms with Gasteiger partial charge in [0.25, 0.3) is 0 Å². The molecule has 6 N–H and O–H groups in total. The van der Waals surface area contributed by atoms with Gasteiger partial charge in [-0.3, -0.25) is 4.57 Å². The van der Waals surface area contributed by atoms with Gasteiger partial charge >= 0.3 is 26.5 Å². The number of nitrogens with zero attached hydrogens (tertiary/aromatic N) is 3. The average molecular weight is 1030 g/mol. The number of unbranched alkanes of at least 4 members (excludes halogenated alkanes) is 1. The number of fused-ring (bicyclic) bond motifs is 4. The molecule has 1 saturated heterocycles. The first-order chi connectivity index (χ1) is 34.0. The zero-order valence-corrected chi connectivity index (χ0v) is 41.9. The van der Waals surface area contributed by atoms with Crippen LogP contribution in [0.4, 0.5) is 20.2 Å². The summed E-state index contributed by atoms with van der Waals surface area (Å²) < 4.78 is 56.4. The number of amides is 3. The fourth-order valence-electron chi connectivity index (χ4n) is 7.56. The summed E-state index contributed by atoms with van der Waals surface area (Å²) >= 11 is 0. The van der Waals surface area contributed by atoms with E-state index in [1.807, 2.05) is 28.8 Å². The first kappa shape index (κ1) is 54.3. The largest absolute Gasteiger partial charge is 0.450 e. The highest BCUT2D eigenvalue weighted by Gasteiger charge is 2.31. The zero-order chi connectivity index (χ0) is 49.6. The number of hydrogen-bond acceptors (Lipinski definition) is 17. The van der Waals surface area contributed by atoms with Crippen LogP contribution in [0.5, 0.6) is 0 Å². The Hall–Kier alpha value is -5.08. The van der Waals surface area contributed by atoms with E-state index < -0.39 is 26.5 Å². The van der Waals surface area contributed by atoms with Crippen LogP contribution in [0.25, 0.3) is 22.2 Å². The van der Waals surface area contributed by atoms with Gasteiger partial charge in [-0.1, -0.05) is 82.0 Å². The molecule has 20 nitrogen and oxygen atoms in total. The Morgan fingerprint density at radius 1 is 0.843 bits per heavy atom.